The first-order valence-electron chi connectivity index (χ1n) is 10.8. The fourth-order valence-corrected chi connectivity index (χ4v) is 1.94. The predicted molar refractivity (Wildman–Crippen MR) is 137 cm³/mol. The molecule has 0 atom stereocenters. The second-order valence-electron chi connectivity index (χ2n) is 7.12. The van der Waals surface area contributed by atoms with E-state index in [2.05, 4.69) is 77.2 Å². The Kier molecular flexibility index (Phi) is 50.1. The van der Waals surface area contributed by atoms with Gasteiger partial charge >= 0.3 is 0 Å². The van der Waals surface area contributed by atoms with Crippen molar-refractivity contribution in [3.8, 4) is 0 Å². The molecule has 0 amide bonds. The smallest absolute Gasteiger partial charge is 0.0633 e. The first-order chi connectivity index (χ1) is 14.4. The maximum Gasteiger partial charge on any atom is 0.0633 e. The van der Waals surface area contributed by atoms with Crippen molar-refractivity contribution in [3.05, 3.63) is 86.3 Å². The first kappa shape index (κ1) is 50.5. The molecule has 0 saturated carbocycles. The van der Waals surface area contributed by atoms with Gasteiger partial charge in [-0.25, -0.2) is 0 Å². The van der Waals surface area contributed by atoms with Crippen molar-refractivity contribution in [2.75, 3.05) is 0 Å². The fourth-order valence-electron chi connectivity index (χ4n) is 1.94. The quantitative estimate of drug-likeness (QED) is 0.152. The van der Waals surface area contributed by atoms with Crippen LogP contribution < -0.4 is 0 Å². The zero-order valence-electron chi connectivity index (χ0n) is 22.8. The average molecular weight is 819 g/mol. The molecule has 0 aliphatic rings. The molecule has 0 fully saturated rings. The summed E-state index contributed by atoms with van der Waals surface area (Å²) in [5.41, 5.74) is 3.78. The number of hydrogen-bond donors (Lipinski definition) is 0. The van der Waals surface area contributed by atoms with E-state index in [-0.39, 0.29) is 147 Å². The van der Waals surface area contributed by atoms with Crippen LogP contribution in [0.2, 0.25) is 0 Å². The molecule has 0 aliphatic carbocycles. The van der Waals surface area contributed by atoms with E-state index >= 15 is 0 Å². The van der Waals surface area contributed by atoms with Crippen LogP contribution >= 0.6 is 0 Å². The molecule has 2 aromatic carbocycles. The summed E-state index contributed by atoms with van der Waals surface area (Å²) in [6.07, 6.45) is 8.67. The second kappa shape index (κ2) is 34.7. The molecular weight excluding hydrogens is 779 g/mol. The molecule has 35 heavy (non-hydrogen) atoms. The normalized spacial score (nSPS) is 9.89. The van der Waals surface area contributed by atoms with Gasteiger partial charge in [0, 0.05) is 147 Å². The minimum atomic E-state index is 0. The molecule has 0 bridgehead atoms. The van der Waals surface area contributed by atoms with Crippen molar-refractivity contribution in [1.82, 2.24) is 0 Å². The number of hydrogen-bond acceptors (Lipinski definition) is 2. The molecule has 188 valence electrons. The van der Waals surface area contributed by atoms with Crippen LogP contribution in [0.1, 0.15) is 55.4 Å². The Morgan fingerprint density at radius 3 is 0.943 bits per heavy atom. The molecule has 4 radical (unpaired) electrons. The first-order valence-corrected chi connectivity index (χ1v) is 10.8. The number of benzene rings is 2. The maximum absolute atomic E-state index is 4.54. The van der Waals surface area contributed by atoms with Crippen molar-refractivity contribution in [2.45, 2.75) is 55.4 Å². The van der Waals surface area contributed by atoms with Gasteiger partial charge in [-0.3, -0.25) is 9.98 Å². The van der Waals surface area contributed by atoms with E-state index in [1.165, 1.54) is 0 Å². The van der Waals surface area contributed by atoms with Gasteiger partial charge in [0.1, 0.15) is 0 Å². The molecule has 2 nitrogen and oxygen atoms in total. The molecule has 7 heteroatoms. The van der Waals surface area contributed by atoms with Gasteiger partial charge < -0.3 is 37.5 Å². The summed E-state index contributed by atoms with van der Waals surface area (Å²) in [7, 11) is 0. The zero-order chi connectivity index (χ0) is 22.8. The molecule has 0 N–H and O–H groups in total. The van der Waals surface area contributed by atoms with Gasteiger partial charge in [-0.1, -0.05) is 36.4 Å². The standard InChI is InChI=1S/C16H16N2.2C6H12.Ni.4Y/c1-13(17-15-9-5-3-6-10-15)14(2)18-16-11-7-4-8-12-16;2*1-4-6(3)5-2;;;;;/h3-12H,1-2H3;2*4-6H,1-3H3;;;;;/q;2*-2;;;;;. The van der Waals surface area contributed by atoms with Crippen molar-refractivity contribution in [3.63, 3.8) is 0 Å². The summed E-state index contributed by atoms with van der Waals surface area (Å²) in [4.78, 5) is 9.08. The molecule has 0 unspecified atom stereocenters. The summed E-state index contributed by atoms with van der Waals surface area (Å²) in [5.74, 6) is 1.37. The average Bonchev–Trinajstić information content (AvgIpc) is 2.80. The molecule has 0 aromatic heterocycles. The molecular formula is C28H40N2NiY4-4. The topological polar surface area (TPSA) is 24.7 Å². The van der Waals surface area contributed by atoms with Crippen LogP contribution in [0.3, 0.4) is 0 Å². The minimum Gasteiger partial charge on any atom is -0.358 e. The summed E-state index contributed by atoms with van der Waals surface area (Å²) < 4.78 is 0. The minimum absolute atomic E-state index is 0. The third-order valence-corrected chi connectivity index (χ3v) is 4.73. The molecule has 2 aromatic rings. The summed E-state index contributed by atoms with van der Waals surface area (Å²) in [6.45, 7) is 16.6. The summed E-state index contributed by atoms with van der Waals surface area (Å²) >= 11 is 0. The van der Waals surface area contributed by atoms with Crippen molar-refractivity contribution in [2.24, 2.45) is 21.8 Å². The Morgan fingerprint density at radius 2 is 0.771 bits per heavy atom. The molecule has 2 rings (SSSR count). The molecule has 0 aliphatic heterocycles. The number of nitrogens with zero attached hydrogens (tertiary/aromatic N) is 2. The number of para-hydroxylation sites is 2. The monoisotopic (exact) mass is 818 g/mol. The Labute approximate surface area is 328 Å². The van der Waals surface area contributed by atoms with Crippen molar-refractivity contribution >= 4 is 22.8 Å². The number of rotatable bonds is 7. The number of aliphatic imine (C=N–C) groups is 2. The Bertz CT molecular complexity index is 655. The van der Waals surface area contributed by atoms with Gasteiger partial charge in [0.15, 0.2) is 0 Å². The van der Waals surface area contributed by atoms with Crippen LogP contribution in [0.15, 0.2) is 70.6 Å². The van der Waals surface area contributed by atoms with E-state index in [1.807, 2.05) is 74.5 Å². The van der Waals surface area contributed by atoms with Crippen LogP contribution in [0.5, 0.6) is 0 Å². The van der Waals surface area contributed by atoms with E-state index in [1.54, 1.807) is 0 Å². The van der Waals surface area contributed by atoms with E-state index < -0.39 is 0 Å². The van der Waals surface area contributed by atoms with Gasteiger partial charge in [-0.2, -0.15) is 27.7 Å². The van der Waals surface area contributed by atoms with E-state index in [9.17, 15) is 0 Å². The third kappa shape index (κ3) is 29.5. The Hall–Kier alpha value is 2.69. The fraction of sp³-hybridized carbons (Fsp3) is 0.357. The van der Waals surface area contributed by atoms with Crippen molar-refractivity contribution < 1.29 is 147 Å². The molecule has 0 spiro atoms. The van der Waals surface area contributed by atoms with E-state index in [0.717, 1.165) is 22.8 Å². The molecule has 0 heterocycles. The van der Waals surface area contributed by atoms with Crippen LogP contribution in [-0.2, 0) is 147 Å². The summed E-state index contributed by atoms with van der Waals surface area (Å²) in [6, 6.07) is 19.8. The predicted octanol–water partition coefficient (Wildman–Crippen LogP) is 8.70. The summed E-state index contributed by atoms with van der Waals surface area (Å²) in [5, 5.41) is 0. The zero-order valence-corrected chi connectivity index (χ0v) is 35.1. The van der Waals surface area contributed by atoms with Crippen LogP contribution in [0, 0.1) is 37.5 Å². The Balaban J connectivity index is -0.000000106. The van der Waals surface area contributed by atoms with Crippen LogP contribution in [0.4, 0.5) is 11.4 Å². The second-order valence-corrected chi connectivity index (χ2v) is 7.12. The SMILES string of the molecule is CC(=Nc1ccccc1)C(C)=Nc1ccccc1.C[CH-]C(C)[CH-]C.C[CH-]C(C)[CH-]C.[Ni].[Y].[Y].[Y].[Y]. The largest absolute Gasteiger partial charge is 0.358 e. The van der Waals surface area contributed by atoms with Gasteiger partial charge in [-0.05, 0) is 38.1 Å². The van der Waals surface area contributed by atoms with Gasteiger partial charge in [0.2, 0.25) is 0 Å². The van der Waals surface area contributed by atoms with Gasteiger partial charge in [0.05, 0.1) is 22.8 Å². The van der Waals surface area contributed by atoms with Crippen LogP contribution in [0.25, 0.3) is 0 Å². The van der Waals surface area contributed by atoms with Crippen LogP contribution in [-0.4, -0.2) is 11.4 Å². The Morgan fingerprint density at radius 1 is 0.543 bits per heavy atom. The maximum atomic E-state index is 4.54. The third-order valence-electron chi connectivity index (χ3n) is 4.73. The van der Waals surface area contributed by atoms with Gasteiger partial charge in [0.25, 0.3) is 0 Å². The van der Waals surface area contributed by atoms with E-state index in [0.29, 0.717) is 11.8 Å². The van der Waals surface area contributed by atoms with Crippen molar-refractivity contribution in [1.29, 1.82) is 0 Å². The van der Waals surface area contributed by atoms with E-state index in [4.69, 9.17) is 0 Å². The molecule has 0 saturated heterocycles. The van der Waals surface area contributed by atoms with Gasteiger partial charge in [-0.15, -0.1) is 13.8 Å².